The van der Waals surface area contributed by atoms with Gasteiger partial charge in [0.1, 0.15) is 0 Å². The minimum absolute atomic E-state index is 0.264. The summed E-state index contributed by atoms with van der Waals surface area (Å²) in [5, 5.41) is 5.83. The highest BCUT2D eigenvalue weighted by Crippen LogP contribution is 2.27. The molecule has 66 valence electrons. The summed E-state index contributed by atoms with van der Waals surface area (Å²) in [6.45, 7) is 3.72. The van der Waals surface area contributed by atoms with Crippen molar-refractivity contribution >= 4 is 29.0 Å². The van der Waals surface area contributed by atoms with Crippen molar-refractivity contribution in [2.75, 3.05) is 5.32 Å². The number of rotatable bonds is 0. The fraction of sp³-hybridized carbons (Fsp3) is 0. The number of carbonyl (C=O) groups excluding carboxylic acids is 1. The van der Waals surface area contributed by atoms with Crippen molar-refractivity contribution in [1.82, 2.24) is 5.32 Å². The normalized spacial score (nSPS) is 14.5. The summed E-state index contributed by atoms with van der Waals surface area (Å²) in [6, 6.07) is 4.96. The van der Waals surface area contributed by atoms with Gasteiger partial charge in [-0.1, -0.05) is 18.2 Å². The quantitative estimate of drug-likeness (QED) is 0.655. The first-order valence-electron chi connectivity index (χ1n) is 3.73. The Hall–Kier alpha value is -1.48. The molecule has 1 aromatic carbocycles. The molecule has 1 heterocycles. The predicted molar refractivity (Wildman–Crippen MR) is 52.6 cm³/mol. The lowest BCUT2D eigenvalue weighted by molar-refractivity contribution is 0.255. The lowest BCUT2D eigenvalue weighted by Gasteiger charge is -2.19. The van der Waals surface area contributed by atoms with Crippen LogP contribution in [0.25, 0.3) is 5.70 Å². The van der Waals surface area contributed by atoms with E-state index in [2.05, 4.69) is 17.2 Å². The summed E-state index contributed by atoms with van der Waals surface area (Å²) >= 11 is 5.80. The smallest absolute Gasteiger partial charge is 0.308 e. The van der Waals surface area contributed by atoms with Crippen LogP contribution in [0.15, 0.2) is 24.8 Å². The molecule has 0 aromatic heterocycles. The Morgan fingerprint density at radius 2 is 2.08 bits per heavy atom. The Labute approximate surface area is 80.4 Å². The molecule has 0 aliphatic carbocycles. The second kappa shape index (κ2) is 2.78. The molecule has 0 spiro atoms. The molecule has 2 N–H and O–H groups in total. The molecule has 2 rings (SSSR count). The second-order valence-electron chi connectivity index (χ2n) is 2.75. The van der Waals surface area contributed by atoms with Crippen molar-refractivity contribution in [3.8, 4) is 0 Å². The zero-order valence-electron chi connectivity index (χ0n) is 6.73. The van der Waals surface area contributed by atoms with Crippen LogP contribution in [0.5, 0.6) is 0 Å². The monoisotopic (exact) mass is 194 g/mol. The SMILES string of the molecule is C=C1NC(=O)Nc2ccc(Cl)cc21. The molecule has 1 aromatic rings. The van der Waals surface area contributed by atoms with Crippen molar-refractivity contribution < 1.29 is 4.79 Å². The van der Waals surface area contributed by atoms with Crippen molar-refractivity contribution in [1.29, 1.82) is 0 Å². The van der Waals surface area contributed by atoms with E-state index >= 15 is 0 Å². The molecule has 0 saturated heterocycles. The van der Waals surface area contributed by atoms with Crippen LogP contribution in [0.4, 0.5) is 10.5 Å². The van der Waals surface area contributed by atoms with Crippen LogP contribution in [-0.4, -0.2) is 6.03 Å². The standard InChI is InChI=1S/C9H7ClN2O/c1-5-7-4-6(10)2-3-8(7)12-9(13)11-5/h2-4H,1H2,(H2,11,12,13). The summed E-state index contributed by atoms with van der Waals surface area (Å²) < 4.78 is 0. The molecule has 0 bridgehead atoms. The molecule has 3 nitrogen and oxygen atoms in total. The first kappa shape index (κ1) is 8.13. The van der Waals surface area contributed by atoms with Crippen molar-refractivity contribution in [3.05, 3.63) is 35.4 Å². The van der Waals surface area contributed by atoms with Gasteiger partial charge in [0.05, 0.1) is 5.69 Å². The van der Waals surface area contributed by atoms with Gasteiger partial charge < -0.3 is 10.6 Å². The average Bonchev–Trinajstić information content (AvgIpc) is 2.06. The predicted octanol–water partition coefficient (Wildman–Crippen LogP) is 2.45. The van der Waals surface area contributed by atoms with E-state index in [-0.39, 0.29) is 6.03 Å². The molecule has 13 heavy (non-hydrogen) atoms. The fourth-order valence-corrected chi connectivity index (χ4v) is 1.41. The molecule has 0 atom stereocenters. The van der Waals surface area contributed by atoms with E-state index in [1.165, 1.54) is 0 Å². The summed E-state index contributed by atoms with van der Waals surface area (Å²) in [4.78, 5) is 11.0. The zero-order chi connectivity index (χ0) is 9.42. The number of benzene rings is 1. The largest absolute Gasteiger partial charge is 0.323 e. The Balaban J connectivity index is 2.55. The summed E-state index contributed by atoms with van der Waals surface area (Å²) in [5.74, 6) is 0. The van der Waals surface area contributed by atoms with E-state index in [9.17, 15) is 4.79 Å². The Bertz CT molecular complexity index is 401. The van der Waals surface area contributed by atoms with Gasteiger partial charge in [-0.25, -0.2) is 4.79 Å². The van der Waals surface area contributed by atoms with Gasteiger partial charge in [0.2, 0.25) is 0 Å². The van der Waals surface area contributed by atoms with Crippen molar-refractivity contribution in [2.45, 2.75) is 0 Å². The van der Waals surface area contributed by atoms with Crippen molar-refractivity contribution in [3.63, 3.8) is 0 Å². The second-order valence-corrected chi connectivity index (χ2v) is 3.18. The summed E-state index contributed by atoms with van der Waals surface area (Å²) in [6.07, 6.45) is 0. The van der Waals surface area contributed by atoms with E-state index in [4.69, 9.17) is 11.6 Å². The fourth-order valence-electron chi connectivity index (χ4n) is 1.23. The molecule has 1 aliphatic heterocycles. The maximum absolute atomic E-state index is 11.0. The van der Waals surface area contributed by atoms with Gasteiger partial charge in [-0.3, -0.25) is 0 Å². The topological polar surface area (TPSA) is 41.1 Å². The van der Waals surface area contributed by atoms with E-state index in [0.717, 1.165) is 11.3 Å². The molecule has 1 aliphatic rings. The molecule has 4 heteroatoms. The van der Waals surface area contributed by atoms with Gasteiger partial charge in [-0.15, -0.1) is 0 Å². The highest BCUT2D eigenvalue weighted by atomic mass is 35.5. The van der Waals surface area contributed by atoms with Gasteiger partial charge in [0.25, 0.3) is 0 Å². The van der Waals surface area contributed by atoms with Gasteiger partial charge in [0, 0.05) is 16.3 Å². The third-order valence-corrected chi connectivity index (χ3v) is 2.05. The average molecular weight is 195 g/mol. The number of fused-ring (bicyclic) bond motifs is 1. The zero-order valence-corrected chi connectivity index (χ0v) is 7.48. The molecule has 0 fully saturated rings. The molecule has 2 amide bonds. The summed E-state index contributed by atoms with van der Waals surface area (Å²) in [7, 11) is 0. The van der Waals surface area contributed by atoms with Gasteiger partial charge in [-0.05, 0) is 18.2 Å². The van der Waals surface area contributed by atoms with Crippen LogP contribution < -0.4 is 10.6 Å². The van der Waals surface area contributed by atoms with Crippen molar-refractivity contribution in [2.24, 2.45) is 0 Å². The number of amides is 2. The number of halogens is 1. The number of carbonyl (C=O) groups is 1. The van der Waals surface area contributed by atoms with Gasteiger partial charge in [0.15, 0.2) is 0 Å². The number of urea groups is 1. The van der Waals surface area contributed by atoms with E-state index < -0.39 is 0 Å². The minimum atomic E-state index is -0.264. The van der Waals surface area contributed by atoms with Gasteiger partial charge >= 0.3 is 6.03 Å². The number of anilines is 1. The molecule has 0 unspecified atom stereocenters. The van der Waals surface area contributed by atoms with Crippen LogP contribution >= 0.6 is 11.6 Å². The number of hydrogen-bond donors (Lipinski definition) is 2. The van der Waals surface area contributed by atoms with Crippen LogP contribution in [0.1, 0.15) is 5.56 Å². The van der Waals surface area contributed by atoms with Crippen LogP contribution in [0, 0.1) is 0 Å². The van der Waals surface area contributed by atoms with Crippen LogP contribution in [0.3, 0.4) is 0 Å². The lowest BCUT2D eigenvalue weighted by Crippen LogP contribution is -2.31. The molecular formula is C9H7ClN2O. The molecule has 0 radical (unpaired) electrons. The van der Waals surface area contributed by atoms with E-state index in [1.54, 1.807) is 18.2 Å². The molecule has 0 saturated carbocycles. The number of hydrogen-bond acceptors (Lipinski definition) is 1. The maximum Gasteiger partial charge on any atom is 0.323 e. The maximum atomic E-state index is 11.0. The third kappa shape index (κ3) is 1.38. The van der Waals surface area contributed by atoms with E-state index in [0.29, 0.717) is 10.7 Å². The summed E-state index contributed by atoms with van der Waals surface area (Å²) in [5.41, 5.74) is 2.13. The minimum Gasteiger partial charge on any atom is -0.308 e. The Morgan fingerprint density at radius 1 is 1.31 bits per heavy atom. The van der Waals surface area contributed by atoms with Crippen LogP contribution in [-0.2, 0) is 0 Å². The first-order valence-corrected chi connectivity index (χ1v) is 4.11. The Kier molecular flexibility index (Phi) is 1.74. The van der Waals surface area contributed by atoms with E-state index in [1.807, 2.05) is 0 Å². The van der Waals surface area contributed by atoms with Crippen LogP contribution in [0.2, 0.25) is 5.02 Å². The first-order chi connectivity index (χ1) is 6.16. The highest BCUT2D eigenvalue weighted by Gasteiger charge is 2.16. The molecular weight excluding hydrogens is 188 g/mol. The third-order valence-electron chi connectivity index (χ3n) is 1.82. The highest BCUT2D eigenvalue weighted by molar-refractivity contribution is 6.31. The number of nitrogens with one attached hydrogen (secondary N) is 2. The lowest BCUT2D eigenvalue weighted by atomic mass is 10.1. The van der Waals surface area contributed by atoms with Gasteiger partial charge in [-0.2, -0.15) is 0 Å². The Morgan fingerprint density at radius 3 is 2.85 bits per heavy atom.